The van der Waals surface area contributed by atoms with Crippen LogP contribution < -0.4 is 15.0 Å². The van der Waals surface area contributed by atoms with E-state index in [1.807, 2.05) is 0 Å². The molecule has 184 valence electrons. The van der Waals surface area contributed by atoms with Gasteiger partial charge in [0.15, 0.2) is 0 Å². The maximum atomic E-state index is 10.3. The van der Waals surface area contributed by atoms with Crippen molar-refractivity contribution < 1.29 is 4.74 Å². The van der Waals surface area contributed by atoms with Crippen LogP contribution in [0.5, 0.6) is 5.88 Å². The largest absolute Gasteiger partial charge is 0.475 e. The first kappa shape index (κ1) is 22.8. The monoisotopic (exact) mass is 472 g/mol. The fourth-order valence-electron chi connectivity index (χ4n) is 6.44. The van der Waals surface area contributed by atoms with Crippen molar-refractivity contribution in [2.45, 2.75) is 63.3 Å². The highest BCUT2D eigenvalue weighted by Gasteiger charge is 2.36. The second-order valence-corrected chi connectivity index (χ2v) is 10.8. The van der Waals surface area contributed by atoms with Gasteiger partial charge < -0.3 is 19.9 Å². The zero-order valence-electron chi connectivity index (χ0n) is 20.7. The Morgan fingerprint density at radius 3 is 2.60 bits per heavy atom. The summed E-state index contributed by atoms with van der Waals surface area (Å²) in [6.45, 7) is 6.32. The maximum Gasteiger partial charge on any atom is 0.234 e. The minimum Gasteiger partial charge on any atom is -0.475 e. The maximum absolute atomic E-state index is 10.3. The molecule has 0 amide bonds. The van der Waals surface area contributed by atoms with Crippen LogP contribution >= 0.6 is 0 Å². The lowest BCUT2D eigenvalue weighted by Crippen LogP contribution is -2.52. The molecule has 7 nitrogen and oxygen atoms in total. The molecule has 3 atom stereocenters. The Hall–Kier alpha value is -2.66. The van der Waals surface area contributed by atoms with Gasteiger partial charge in [-0.3, -0.25) is 4.90 Å². The molecule has 6 rings (SSSR count). The summed E-state index contributed by atoms with van der Waals surface area (Å²) < 4.78 is 6.37. The van der Waals surface area contributed by atoms with Crippen LogP contribution in [0.1, 0.15) is 47.9 Å². The molecule has 1 aromatic carbocycles. The summed E-state index contributed by atoms with van der Waals surface area (Å²) in [5.41, 5.74) is 4.33. The van der Waals surface area contributed by atoms with Gasteiger partial charge >= 0.3 is 0 Å². The van der Waals surface area contributed by atoms with E-state index in [1.54, 1.807) is 0 Å². The molecule has 0 saturated carbocycles. The number of likely N-dealkylation sites (N-methyl/N-ethyl adjacent to an activating group) is 1. The number of fused-ring (bicyclic) bond motifs is 3. The van der Waals surface area contributed by atoms with Crippen LogP contribution in [0.25, 0.3) is 0 Å². The smallest absolute Gasteiger partial charge is 0.234 e. The number of nitrogens with one attached hydrogen (secondary N) is 1. The molecule has 3 saturated heterocycles. The molecule has 0 aliphatic carbocycles. The summed E-state index contributed by atoms with van der Waals surface area (Å²) in [6.07, 6.45) is 5.74. The standard InChI is InChI=1S/C28H36N6O/c1-32-12-5-8-23(32)19-35-28-25(14-29)26-18-33(15-20-6-3-2-4-7-20)13-11-24(26)27(31-28)34-16-21-9-10-22(17-34)30-21/h2-4,6-7,21-23,30H,5,8-13,15-19H2,1H3. The van der Waals surface area contributed by atoms with E-state index in [0.717, 1.165) is 63.5 Å². The van der Waals surface area contributed by atoms with Crippen LogP contribution in [-0.2, 0) is 19.5 Å². The Balaban J connectivity index is 1.33. The number of pyridine rings is 1. The Bertz CT molecular complexity index is 1090. The number of rotatable bonds is 6. The average Bonchev–Trinajstić information content (AvgIpc) is 3.45. The molecule has 35 heavy (non-hydrogen) atoms. The van der Waals surface area contributed by atoms with Crippen LogP contribution in [0.2, 0.25) is 0 Å². The molecular weight excluding hydrogens is 436 g/mol. The van der Waals surface area contributed by atoms with Crippen LogP contribution in [-0.4, -0.2) is 72.7 Å². The zero-order valence-corrected chi connectivity index (χ0v) is 20.7. The Labute approximate surface area is 208 Å². The molecule has 7 heteroatoms. The van der Waals surface area contributed by atoms with Gasteiger partial charge in [-0.2, -0.15) is 10.2 Å². The van der Waals surface area contributed by atoms with Gasteiger partial charge in [-0.25, -0.2) is 0 Å². The summed E-state index contributed by atoms with van der Waals surface area (Å²) in [4.78, 5) is 12.4. The summed E-state index contributed by atoms with van der Waals surface area (Å²) in [7, 11) is 2.16. The van der Waals surface area contributed by atoms with Gasteiger partial charge in [0.1, 0.15) is 24.1 Å². The molecule has 2 aromatic rings. The van der Waals surface area contributed by atoms with E-state index in [-0.39, 0.29) is 0 Å². The number of nitriles is 1. The first-order valence-electron chi connectivity index (χ1n) is 13.2. The Kier molecular flexibility index (Phi) is 6.36. The van der Waals surface area contributed by atoms with Gasteiger partial charge in [-0.15, -0.1) is 0 Å². The first-order valence-corrected chi connectivity index (χ1v) is 13.2. The highest BCUT2D eigenvalue weighted by Crippen LogP contribution is 2.37. The number of aromatic nitrogens is 1. The lowest BCUT2D eigenvalue weighted by Gasteiger charge is -2.38. The highest BCUT2D eigenvalue weighted by molar-refractivity contribution is 5.61. The van der Waals surface area contributed by atoms with E-state index in [0.29, 0.717) is 36.2 Å². The third-order valence-electron chi connectivity index (χ3n) is 8.38. The number of ether oxygens (including phenoxy) is 1. The minimum absolute atomic E-state index is 0.396. The molecule has 0 radical (unpaired) electrons. The summed E-state index contributed by atoms with van der Waals surface area (Å²) in [5.74, 6) is 1.60. The minimum atomic E-state index is 0.396. The fraction of sp³-hybridized carbons (Fsp3) is 0.571. The number of likely N-dealkylation sites (tertiary alicyclic amines) is 1. The molecule has 3 unspecified atom stereocenters. The van der Waals surface area contributed by atoms with Gasteiger partial charge in [0, 0.05) is 56.4 Å². The lowest BCUT2D eigenvalue weighted by atomic mass is 9.95. The van der Waals surface area contributed by atoms with Crippen LogP contribution in [0.3, 0.4) is 0 Å². The van der Waals surface area contributed by atoms with E-state index >= 15 is 0 Å². The molecular formula is C28H36N6O. The third kappa shape index (κ3) is 4.63. The Morgan fingerprint density at radius 2 is 1.89 bits per heavy atom. The fourth-order valence-corrected chi connectivity index (χ4v) is 6.44. The van der Waals surface area contributed by atoms with Gasteiger partial charge in [0.05, 0.1) is 0 Å². The molecule has 3 fully saturated rings. The van der Waals surface area contributed by atoms with Crippen LogP contribution in [0.4, 0.5) is 5.82 Å². The van der Waals surface area contributed by atoms with E-state index in [2.05, 4.69) is 63.5 Å². The van der Waals surface area contributed by atoms with Gasteiger partial charge in [0.25, 0.3) is 0 Å². The molecule has 1 N–H and O–H groups in total. The molecule has 2 bridgehead atoms. The van der Waals surface area contributed by atoms with E-state index < -0.39 is 0 Å². The second-order valence-electron chi connectivity index (χ2n) is 10.8. The van der Waals surface area contributed by atoms with Gasteiger partial charge in [-0.1, -0.05) is 30.3 Å². The van der Waals surface area contributed by atoms with Crippen molar-refractivity contribution >= 4 is 5.82 Å². The summed E-state index contributed by atoms with van der Waals surface area (Å²) >= 11 is 0. The molecule has 4 aliphatic heterocycles. The number of benzene rings is 1. The van der Waals surface area contributed by atoms with Crippen molar-refractivity contribution in [3.8, 4) is 11.9 Å². The predicted molar refractivity (Wildman–Crippen MR) is 137 cm³/mol. The van der Waals surface area contributed by atoms with Crippen molar-refractivity contribution in [1.29, 1.82) is 5.26 Å². The predicted octanol–water partition coefficient (Wildman–Crippen LogP) is 2.93. The summed E-state index contributed by atoms with van der Waals surface area (Å²) in [6, 6.07) is 14.6. The molecule has 4 aliphatic rings. The Morgan fingerprint density at radius 1 is 1.09 bits per heavy atom. The lowest BCUT2D eigenvalue weighted by molar-refractivity contribution is 0.191. The van der Waals surface area contributed by atoms with E-state index in [9.17, 15) is 5.26 Å². The van der Waals surface area contributed by atoms with Gasteiger partial charge in [-0.05, 0) is 56.8 Å². The molecule has 1 aromatic heterocycles. The number of nitrogens with zero attached hydrogens (tertiary/aromatic N) is 5. The summed E-state index contributed by atoms with van der Waals surface area (Å²) in [5, 5.41) is 14.0. The SMILES string of the molecule is CN1CCCC1COc1nc(N2CC3CCC(C2)N3)c2c(c1C#N)CN(Cc1ccccc1)CC2. The topological polar surface area (TPSA) is 67.7 Å². The normalized spacial score (nSPS) is 26.5. The van der Waals surface area contributed by atoms with Crippen molar-refractivity contribution in [2.24, 2.45) is 0 Å². The first-order chi connectivity index (χ1) is 17.2. The van der Waals surface area contributed by atoms with Crippen molar-refractivity contribution in [3.05, 3.63) is 52.6 Å². The van der Waals surface area contributed by atoms with Crippen molar-refractivity contribution in [2.75, 3.05) is 44.7 Å². The van der Waals surface area contributed by atoms with Crippen LogP contribution in [0.15, 0.2) is 30.3 Å². The van der Waals surface area contributed by atoms with Crippen molar-refractivity contribution in [3.63, 3.8) is 0 Å². The number of anilines is 1. The molecule has 5 heterocycles. The van der Waals surface area contributed by atoms with Gasteiger partial charge in [0.2, 0.25) is 5.88 Å². The number of piperazine rings is 1. The number of hydrogen-bond donors (Lipinski definition) is 1. The average molecular weight is 473 g/mol. The second kappa shape index (κ2) is 9.77. The van der Waals surface area contributed by atoms with E-state index in [1.165, 1.54) is 30.4 Å². The van der Waals surface area contributed by atoms with Crippen LogP contribution in [0, 0.1) is 11.3 Å². The molecule has 0 spiro atoms. The van der Waals surface area contributed by atoms with Crippen molar-refractivity contribution in [1.82, 2.24) is 20.1 Å². The highest BCUT2D eigenvalue weighted by atomic mass is 16.5. The third-order valence-corrected chi connectivity index (χ3v) is 8.38. The number of hydrogen-bond acceptors (Lipinski definition) is 7. The zero-order chi connectivity index (χ0) is 23.8. The quantitative estimate of drug-likeness (QED) is 0.693. The van der Waals surface area contributed by atoms with E-state index in [4.69, 9.17) is 9.72 Å².